The van der Waals surface area contributed by atoms with Crippen molar-refractivity contribution in [2.45, 2.75) is 138 Å². The van der Waals surface area contributed by atoms with Crippen molar-refractivity contribution in [2.24, 2.45) is 0 Å². The number of hydrogen-bond acceptors (Lipinski definition) is 17. The Bertz CT molecular complexity index is 2240. The van der Waals surface area contributed by atoms with E-state index in [0.29, 0.717) is 59.9 Å². The monoisotopic (exact) mass is 876 g/mol. The van der Waals surface area contributed by atoms with Gasteiger partial charge in [-0.3, -0.25) is 9.80 Å². The molecule has 0 saturated carbocycles. The van der Waals surface area contributed by atoms with Gasteiger partial charge in [0.15, 0.2) is 12.5 Å². The molecule has 63 heavy (non-hydrogen) atoms. The Morgan fingerprint density at radius 3 is 1.63 bits per heavy atom. The first-order valence-electron chi connectivity index (χ1n) is 22.5. The van der Waals surface area contributed by atoms with Crippen molar-refractivity contribution in [1.82, 2.24) is 49.1 Å². The molecule has 8 atom stereocenters. The second-order valence-corrected chi connectivity index (χ2v) is 19.3. The maximum Gasteiger partial charge on any atom is 0.410 e. The molecule has 6 saturated heterocycles. The summed E-state index contributed by atoms with van der Waals surface area (Å²) in [6, 6.07) is 3.60. The second kappa shape index (κ2) is 17.3. The molecule has 1 amide bonds. The summed E-state index contributed by atoms with van der Waals surface area (Å²) in [5.74, 6) is 0.744. The average Bonchev–Trinajstić information content (AvgIpc) is 4.12. The number of anilines is 2. The molecule has 9 N–H and O–H groups in total. The number of nitrogen functional groups attached to an aromatic ring is 2. The van der Waals surface area contributed by atoms with Gasteiger partial charge in [-0.25, -0.2) is 24.7 Å². The lowest BCUT2D eigenvalue weighted by Gasteiger charge is -2.45. The molecule has 10 rings (SSSR count). The van der Waals surface area contributed by atoms with Crippen LogP contribution >= 0.6 is 0 Å². The van der Waals surface area contributed by atoms with Crippen molar-refractivity contribution in [2.75, 3.05) is 63.8 Å². The third-order valence-electron chi connectivity index (χ3n) is 14.5. The summed E-state index contributed by atoms with van der Waals surface area (Å²) in [7, 11) is 0. The third kappa shape index (κ3) is 8.33. The minimum absolute atomic E-state index is 0.0353. The number of nitrogens with one attached hydrogen (secondary N) is 1. The standard InChI is InChI=1S/C24H36N6O5.C19H28N6O3/c1-23(2,3)35-22(33)28-11-7-24(8-12-28)6-4-9-29(24)13-16-17(31)18(32)21(34-16)30-10-5-15-19(25)26-14-27-20(15)30;20-16-12-2-9-25(17(12)23-11-22-16)18-15(27)14(26)13(28-18)10-24-8-1-3-19(24)4-6-21-7-5-19/h5,10,14,16-18,21,31-32H,4,6-9,11-13H2,1-3H3,(H2,25,26,27);2,9,11,13-15,18,21,26-27H,1,3-8,10H2,(H2,20,22,23)/t16-,17-,18-,21-;13-,14-,15-,18-/m11/s1. The molecule has 10 heterocycles. The number of carbonyl (C=O) groups is 1. The molecule has 0 unspecified atom stereocenters. The predicted octanol–water partition coefficient (Wildman–Crippen LogP) is 1.35. The molecule has 4 aromatic heterocycles. The van der Waals surface area contributed by atoms with Gasteiger partial charge in [-0.2, -0.15) is 0 Å². The van der Waals surface area contributed by atoms with E-state index in [2.05, 4.69) is 35.1 Å². The van der Waals surface area contributed by atoms with Crippen molar-refractivity contribution in [1.29, 1.82) is 0 Å². The Kier molecular flexibility index (Phi) is 12.1. The van der Waals surface area contributed by atoms with E-state index in [9.17, 15) is 25.2 Å². The van der Waals surface area contributed by atoms with Crippen molar-refractivity contribution in [3.05, 3.63) is 37.2 Å². The van der Waals surface area contributed by atoms with E-state index in [1.807, 2.05) is 26.8 Å². The van der Waals surface area contributed by atoms with Crippen LogP contribution in [0.15, 0.2) is 37.2 Å². The molecule has 0 aliphatic carbocycles. The van der Waals surface area contributed by atoms with E-state index in [4.69, 9.17) is 25.7 Å². The number of aliphatic hydroxyl groups is 4. The van der Waals surface area contributed by atoms with Gasteiger partial charge in [0.05, 0.1) is 10.8 Å². The maximum atomic E-state index is 12.5. The molecule has 20 heteroatoms. The molecule has 0 aromatic carbocycles. The number of amides is 1. The van der Waals surface area contributed by atoms with Crippen LogP contribution in [-0.2, 0) is 14.2 Å². The number of hydrogen-bond donors (Lipinski definition) is 7. The first kappa shape index (κ1) is 44.0. The second-order valence-electron chi connectivity index (χ2n) is 19.3. The van der Waals surface area contributed by atoms with Crippen LogP contribution in [0.3, 0.4) is 0 Å². The number of rotatable bonds is 6. The fraction of sp³-hybridized carbons (Fsp3) is 0.698. The number of carbonyl (C=O) groups excluding carboxylic acids is 1. The van der Waals surface area contributed by atoms with Crippen LogP contribution in [0.2, 0.25) is 0 Å². The highest BCUT2D eigenvalue weighted by molar-refractivity contribution is 5.86. The average molecular weight is 877 g/mol. The molecule has 4 aromatic rings. The molecule has 0 radical (unpaired) electrons. The number of ether oxygens (including phenoxy) is 3. The molecule has 6 fully saturated rings. The summed E-state index contributed by atoms with van der Waals surface area (Å²) in [5.41, 5.74) is 12.7. The van der Waals surface area contributed by atoms with E-state index in [-0.39, 0.29) is 17.2 Å². The molecule has 6 aliphatic rings. The summed E-state index contributed by atoms with van der Waals surface area (Å²) in [6.07, 6.45) is 7.90. The number of aromatic nitrogens is 6. The summed E-state index contributed by atoms with van der Waals surface area (Å²) in [5, 5.41) is 48.0. The van der Waals surface area contributed by atoms with E-state index >= 15 is 0 Å². The third-order valence-corrected chi connectivity index (χ3v) is 14.5. The molecule has 20 nitrogen and oxygen atoms in total. The highest BCUT2D eigenvalue weighted by atomic mass is 16.6. The molecule has 0 bridgehead atoms. The molecule has 2 spiro atoms. The van der Waals surface area contributed by atoms with E-state index in [0.717, 1.165) is 64.7 Å². The fourth-order valence-corrected chi connectivity index (χ4v) is 11.1. The molecule has 344 valence electrons. The highest BCUT2D eigenvalue weighted by Crippen LogP contribution is 2.42. The number of likely N-dealkylation sites (tertiary alicyclic amines) is 3. The van der Waals surface area contributed by atoms with E-state index < -0.39 is 54.7 Å². The summed E-state index contributed by atoms with van der Waals surface area (Å²) in [6.45, 7) is 12.0. The topological polar surface area (TPSA) is 261 Å². The maximum absolute atomic E-state index is 12.5. The van der Waals surface area contributed by atoms with Gasteiger partial charge in [0, 0.05) is 49.7 Å². The summed E-state index contributed by atoms with van der Waals surface area (Å²) in [4.78, 5) is 35.7. The van der Waals surface area contributed by atoms with E-state index in [1.54, 1.807) is 32.5 Å². The first-order valence-corrected chi connectivity index (χ1v) is 22.5. The normalized spacial score (nSPS) is 31.1. The van der Waals surface area contributed by atoms with Crippen molar-refractivity contribution in [3.8, 4) is 0 Å². The van der Waals surface area contributed by atoms with Crippen LogP contribution in [0.1, 0.15) is 84.6 Å². The lowest BCUT2D eigenvalue weighted by molar-refractivity contribution is -0.0583. The largest absolute Gasteiger partial charge is 0.444 e. The lowest BCUT2D eigenvalue weighted by atomic mass is 9.84. The van der Waals surface area contributed by atoms with Gasteiger partial charge in [-0.15, -0.1) is 0 Å². The zero-order valence-corrected chi connectivity index (χ0v) is 36.5. The van der Waals surface area contributed by atoms with Crippen molar-refractivity contribution in [3.63, 3.8) is 0 Å². The van der Waals surface area contributed by atoms with Gasteiger partial charge >= 0.3 is 6.09 Å². The SMILES string of the molecule is CC(C)(C)OC(=O)N1CCC2(CCCN2C[C@H]2O[C@@H](n3ccc4c(N)ncnc43)[C@H](O)[C@@H]2O)CC1.Nc1ncnc2c1ccn2[C@@H]1O[C@H](CN2CCCC23CCNCC3)[C@@H](O)[C@H]1O. The fourth-order valence-electron chi connectivity index (χ4n) is 11.1. The summed E-state index contributed by atoms with van der Waals surface area (Å²) < 4.78 is 21.4. The Labute approximate surface area is 366 Å². The van der Waals surface area contributed by atoms with Crippen LogP contribution in [-0.4, -0.2) is 176 Å². The van der Waals surface area contributed by atoms with Gasteiger partial charge in [-0.05, 0) is 110 Å². The minimum atomic E-state index is -1.10. The van der Waals surface area contributed by atoms with Gasteiger partial charge in [-0.1, -0.05) is 0 Å². The van der Waals surface area contributed by atoms with E-state index in [1.165, 1.54) is 25.5 Å². The quantitative estimate of drug-likeness (QED) is 0.144. The Balaban J connectivity index is 0.000000164. The number of fused-ring (bicyclic) bond motifs is 2. The number of nitrogens with zero attached hydrogens (tertiary/aromatic N) is 9. The number of piperidine rings is 2. The Morgan fingerprint density at radius 2 is 1.17 bits per heavy atom. The predicted molar refractivity (Wildman–Crippen MR) is 232 cm³/mol. The van der Waals surface area contributed by atoms with Crippen LogP contribution in [0, 0.1) is 0 Å². The summed E-state index contributed by atoms with van der Waals surface area (Å²) >= 11 is 0. The highest BCUT2D eigenvalue weighted by Gasteiger charge is 2.51. The smallest absolute Gasteiger partial charge is 0.410 e. The Morgan fingerprint density at radius 1 is 0.714 bits per heavy atom. The van der Waals surface area contributed by atoms with Gasteiger partial charge in [0.25, 0.3) is 0 Å². The minimum Gasteiger partial charge on any atom is -0.444 e. The van der Waals surface area contributed by atoms with Gasteiger partial charge < -0.3 is 65.5 Å². The van der Waals surface area contributed by atoms with Crippen molar-refractivity contribution < 1.29 is 39.4 Å². The van der Waals surface area contributed by atoms with Crippen molar-refractivity contribution >= 4 is 39.8 Å². The zero-order chi connectivity index (χ0) is 44.3. The van der Waals surface area contributed by atoms with Crippen LogP contribution in [0.4, 0.5) is 16.4 Å². The van der Waals surface area contributed by atoms with Crippen LogP contribution < -0.4 is 16.8 Å². The molecule has 6 aliphatic heterocycles. The number of nitrogens with two attached hydrogens (primary N) is 2. The first-order chi connectivity index (χ1) is 30.2. The van der Waals surface area contributed by atoms with Gasteiger partial charge in [0.2, 0.25) is 0 Å². The van der Waals surface area contributed by atoms with Crippen LogP contribution in [0.5, 0.6) is 0 Å². The molecular formula is C43H64N12O8. The zero-order valence-electron chi connectivity index (χ0n) is 36.5. The lowest BCUT2D eigenvalue weighted by Crippen LogP contribution is -2.56. The van der Waals surface area contributed by atoms with Gasteiger partial charge in [0.1, 0.15) is 77.8 Å². The molecular weight excluding hydrogens is 813 g/mol. The van der Waals surface area contributed by atoms with Crippen LogP contribution in [0.25, 0.3) is 22.1 Å². The number of aliphatic hydroxyl groups excluding tert-OH is 4. The Hall–Kier alpha value is -4.25.